The maximum Gasteiger partial charge on any atom is 0.331 e. The van der Waals surface area contributed by atoms with Crippen molar-refractivity contribution in [2.45, 2.75) is 6.54 Å². The van der Waals surface area contributed by atoms with E-state index < -0.39 is 17.8 Å². The van der Waals surface area contributed by atoms with Gasteiger partial charge in [0.05, 0.1) is 12.8 Å². The Hall–Kier alpha value is -3.07. The van der Waals surface area contributed by atoms with Gasteiger partial charge in [0.2, 0.25) is 6.79 Å². The summed E-state index contributed by atoms with van der Waals surface area (Å²) in [5.74, 6) is 0.0201. The Kier molecular flexibility index (Phi) is 4.00. The summed E-state index contributed by atoms with van der Waals surface area (Å²) in [4.78, 5) is 37.8. The molecule has 3 heterocycles. The van der Waals surface area contributed by atoms with Crippen LogP contribution < -0.4 is 14.8 Å². The summed E-state index contributed by atoms with van der Waals surface area (Å²) >= 11 is 3.37. The quantitative estimate of drug-likeness (QED) is 0.606. The maximum absolute atomic E-state index is 12.7. The van der Waals surface area contributed by atoms with Crippen molar-refractivity contribution in [1.82, 2.24) is 10.2 Å². The van der Waals surface area contributed by atoms with E-state index in [4.69, 9.17) is 13.9 Å². The molecule has 0 bridgehead atoms. The Morgan fingerprint density at radius 1 is 1.19 bits per heavy atom. The number of rotatable bonds is 3. The molecule has 0 radical (unpaired) electrons. The van der Waals surface area contributed by atoms with E-state index in [9.17, 15) is 14.4 Å². The van der Waals surface area contributed by atoms with Gasteiger partial charge in [-0.1, -0.05) is 15.9 Å². The van der Waals surface area contributed by atoms with Crippen LogP contribution in [-0.2, 0) is 16.1 Å². The fourth-order valence-electron chi connectivity index (χ4n) is 2.59. The number of halogens is 1. The lowest BCUT2D eigenvalue weighted by Gasteiger charge is -2.25. The van der Waals surface area contributed by atoms with Gasteiger partial charge in [0.1, 0.15) is 11.3 Å². The highest BCUT2D eigenvalue weighted by Crippen LogP contribution is 2.38. The first-order valence-electron chi connectivity index (χ1n) is 7.53. The maximum atomic E-state index is 12.7. The summed E-state index contributed by atoms with van der Waals surface area (Å²) in [6.45, 7) is 0.0250. The van der Waals surface area contributed by atoms with Crippen LogP contribution in [0.4, 0.5) is 4.79 Å². The van der Waals surface area contributed by atoms with Gasteiger partial charge in [-0.05, 0) is 35.9 Å². The van der Waals surface area contributed by atoms with Crippen molar-refractivity contribution in [1.29, 1.82) is 0 Å². The number of nitrogens with zero attached hydrogens (tertiary/aromatic N) is 1. The van der Waals surface area contributed by atoms with Gasteiger partial charge >= 0.3 is 6.03 Å². The number of carbonyl (C=O) groups is 3. The minimum Gasteiger partial charge on any atom is -0.467 e. The second-order valence-electron chi connectivity index (χ2n) is 5.51. The Morgan fingerprint density at radius 2 is 1.96 bits per heavy atom. The summed E-state index contributed by atoms with van der Waals surface area (Å²) in [7, 11) is 0. The second kappa shape index (κ2) is 6.34. The number of amides is 4. The SMILES string of the molecule is O=C1NC(=O)N(Cc2ccco2)C(=O)C1=Cc1cc2c(cc1Br)OCO2. The molecule has 9 heteroatoms. The van der Waals surface area contributed by atoms with Crippen LogP contribution >= 0.6 is 15.9 Å². The molecule has 26 heavy (non-hydrogen) atoms. The zero-order chi connectivity index (χ0) is 18.3. The highest BCUT2D eigenvalue weighted by molar-refractivity contribution is 9.10. The number of carbonyl (C=O) groups excluding carboxylic acids is 3. The fraction of sp³-hybridized carbons (Fsp3) is 0.118. The first-order valence-corrected chi connectivity index (χ1v) is 8.32. The van der Waals surface area contributed by atoms with Gasteiger partial charge in [-0.3, -0.25) is 19.8 Å². The Balaban J connectivity index is 1.68. The molecule has 4 amide bonds. The van der Waals surface area contributed by atoms with E-state index in [1.54, 1.807) is 24.3 Å². The Morgan fingerprint density at radius 3 is 2.69 bits per heavy atom. The van der Waals surface area contributed by atoms with Crippen molar-refractivity contribution in [3.05, 3.63) is 51.9 Å². The number of nitrogens with one attached hydrogen (secondary N) is 1. The molecule has 2 aliphatic heterocycles. The first kappa shape index (κ1) is 16.4. The molecule has 1 saturated heterocycles. The molecule has 1 aromatic carbocycles. The van der Waals surface area contributed by atoms with Crippen molar-refractivity contribution >= 4 is 39.9 Å². The smallest absolute Gasteiger partial charge is 0.331 e. The highest BCUT2D eigenvalue weighted by Gasteiger charge is 2.36. The van der Waals surface area contributed by atoms with E-state index >= 15 is 0 Å². The molecular weight excluding hydrogens is 408 g/mol. The average molecular weight is 419 g/mol. The zero-order valence-electron chi connectivity index (χ0n) is 13.2. The van der Waals surface area contributed by atoms with Crippen LogP contribution in [0, 0.1) is 0 Å². The molecule has 1 N–H and O–H groups in total. The van der Waals surface area contributed by atoms with Crippen LogP contribution in [0.3, 0.4) is 0 Å². The molecule has 132 valence electrons. The number of hydrogen-bond acceptors (Lipinski definition) is 6. The number of urea groups is 1. The van der Waals surface area contributed by atoms with Crippen LogP contribution in [0.15, 0.2) is 45.0 Å². The van der Waals surface area contributed by atoms with Crippen molar-refractivity contribution < 1.29 is 28.3 Å². The summed E-state index contributed by atoms with van der Waals surface area (Å²) in [6, 6.07) is 5.82. The van der Waals surface area contributed by atoms with Gasteiger partial charge in [0.15, 0.2) is 11.5 Å². The standard InChI is InChI=1S/C17H11BrN2O6/c18-12-6-14-13(25-8-26-14)5-9(12)4-11-15(21)19-17(23)20(16(11)22)7-10-2-1-3-24-10/h1-6H,7-8H2,(H,19,21,23). The number of benzene rings is 1. The lowest BCUT2D eigenvalue weighted by atomic mass is 10.1. The lowest BCUT2D eigenvalue weighted by Crippen LogP contribution is -2.53. The van der Waals surface area contributed by atoms with Gasteiger partial charge in [-0.2, -0.15) is 0 Å². The number of furan rings is 1. The minimum atomic E-state index is -0.793. The topological polar surface area (TPSA) is 98.1 Å². The third kappa shape index (κ3) is 2.86. The predicted molar refractivity (Wildman–Crippen MR) is 91.0 cm³/mol. The monoisotopic (exact) mass is 418 g/mol. The molecular formula is C17H11BrN2O6. The van der Waals surface area contributed by atoms with E-state index in [0.29, 0.717) is 27.3 Å². The normalized spacial score (nSPS) is 17.8. The van der Waals surface area contributed by atoms with E-state index in [1.807, 2.05) is 0 Å². The minimum absolute atomic E-state index is 0.0788. The van der Waals surface area contributed by atoms with Crippen molar-refractivity contribution in [2.24, 2.45) is 0 Å². The number of hydrogen-bond donors (Lipinski definition) is 1. The fourth-order valence-corrected chi connectivity index (χ4v) is 3.03. The van der Waals surface area contributed by atoms with E-state index in [-0.39, 0.29) is 18.9 Å². The molecule has 1 fully saturated rings. The summed E-state index contributed by atoms with van der Waals surface area (Å²) < 4.78 is 16.4. The van der Waals surface area contributed by atoms with Crippen molar-refractivity contribution in [2.75, 3.05) is 6.79 Å². The molecule has 0 spiro atoms. The van der Waals surface area contributed by atoms with Gasteiger partial charge in [0.25, 0.3) is 11.8 Å². The van der Waals surface area contributed by atoms with Gasteiger partial charge in [0, 0.05) is 4.47 Å². The van der Waals surface area contributed by atoms with Crippen molar-refractivity contribution in [3.8, 4) is 11.5 Å². The number of ether oxygens (including phenoxy) is 2. The third-order valence-corrected chi connectivity index (χ3v) is 4.56. The molecule has 0 saturated carbocycles. The van der Waals surface area contributed by atoms with Crippen LogP contribution in [-0.4, -0.2) is 29.5 Å². The van der Waals surface area contributed by atoms with Gasteiger partial charge in [-0.15, -0.1) is 0 Å². The molecule has 0 atom stereocenters. The Labute approximate surface area is 155 Å². The number of fused-ring (bicyclic) bond motifs is 1. The van der Waals surface area contributed by atoms with Crippen LogP contribution in [0.2, 0.25) is 0 Å². The molecule has 0 unspecified atom stereocenters. The summed E-state index contributed by atoms with van der Waals surface area (Å²) in [5.41, 5.74) is 0.371. The first-order chi connectivity index (χ1) is 12.5. The molecule has 2 aromatic rings. The molecule has 4 rings (SSSR count). The van der Waals surface area contributed by atoms with E-state index in [1.165, 1.54) is 12.3 Å². The molecule has 1 aromatic heterocycles. The van der Waals surface area contributed by atoms with Crippen molar-refractivity contribution in [3.63, 3.8) is 0 Å². The van der Waals surface area contributed by atoms with Gasteiger partial charge in [-0.25, -0.2) is 4.79 Å². The van der Waals surface area contributed by atoms with Gasteiger partial charge < -0.3 is 13.9 Å². The second-order valence-corrected chi connectivity index (χ2v) is 6.37. The van der Waals surface area contributed by atoms with E-state index in [2.05, 4.69) is 21.2 Å². The largest absolute Gasteiger partial charge is 0.467 e. The molecule has 8 nitrogen and oxygen atoms in total. The highest BCUT2D eigenvalue weighted by atomic mass is 79.9. The third-order valence-electron chi connectivity index (χ3n) is 3.87. The Bertz CT molecular complexity index is 950. The molecule has 2 aliphatic rings. The summed E-state index contributed by atoms with van der Waals surface area (Å²) in [5, 5.41) is 2.16. The van der Waals surface area contributed by atoms with Crippen LogP contribution in [0.1, 0.15) is 11.3 Å². The van der Waals surface area contributed by atoms with Crippen LogP contribution in [0.5, 0.6) is 11.5 Å². The number of barbiturate groups is 1. The van der Waals surface area contributed by atoms with E-state index in [0.717, 1.165) is 4.90 Å². The zero-order valence-corrected chi connectivity index (χ0v) is 14.7. The van der Waals surface area contributed by atoms with Crippen LogP contribution in [0.25, 0.3) is 6.08 Å². The average Bonchev–Trinajstić information content (AvgIpc) is 3.26. The predicted octanol–water partition coefficient (Wildman–Crippen LogP) is 2.43. The molecule has 0 aliphatic carbocycles. The lowest BCUT2D eigenvalue weighted by molar-refractivity contribution is -0.130. The number of imide groups is 2. The summed E-state index contributed by atoms with van der Waals surface area (Å²) in [6.07, 6.45) is 2.83.